The van der Waals surface area contributed by atoms with Crippen LogP contribution in [0.25, 0.3) is 11.3 Å². The SMILES string of the molecule is CC[C@H](C)Nc1nc(Nc2ccc(C)c(F)c2)cc(-c2ccncc2)n1. The van der Waals surface area contributed by atoms with Gasteiger partial charge < -0.3 is 10.6 Å². The number of pyridine rings is 1. The van der Waals surface area contributed by atoms with Crippen LogP contribution in [-0.4, -0.2) is 21.0 Å². The Morgan fingerprint density at radius 2 is 1.85 bits per heavy atom. The molecule has 0 amide bonds. The first-order valence-corrected chi connectivity index (χ1v) is 8.64. The Hall–Kier alpha value is -3.02. The summed E-state index contributed by atoms with van der Waals surface area (Å²) in [5.74, 6) is 0.876. The fourth-order valence-corrected chi connectivity index (χ4v) is 2.39. The van der Waals surface area contributed by atoms with Gasteiger partial charge >= 0.3 is 0 Å². The Morgan fingerprint density at radius 1 is 1.08 bits per heavy atom. The number of nitrogens with zero attached hydrogens (tertiary/aromatic N) is 3. The van der Waals surface area contributed by atoms with Gasteiger partial charge in [-0.2, -0.15) is 4.98 Å². The largest absolute Gasteiger partial charge is 0.352 e. The molecule has 1 aromatic carbocycles. The smallest absolute Gasteiger partial charge is 0.225 e. The molecule has 2 heterocycles. The molecule has 3 rings (SSSR count). The average Bonchev–Trinajstić information content (AvgIpc) is 2.65. The van der Waals surface area contributed by atoms with Gasteiger partial charge in [0.05, 0.1) is 5.69 Å². The number of halogens is 1. The highest BCUT2D eigenvalue weighted by molar-refractivity contribution is 5.67. The molecule has 6 heteroatoms. The molecule has 0 saturated carbocycles. The first kappa shape index (κ1) is 17.8. The number of aromatic nitrogens is 3. The fraction of sp³-hybridized carbons (Fsp3) is 0.250. The van der Waals surface area contributed by atoms with Crippen LogP contribution in [0.3, 0.4) is 0 Å². The van der Waals surface area contributed by atoms with Crippen LogP contribution in [0.4, 0.5) is 21.8 Å². The van der Waals surface area contributed by atoms with Crippen LogP contribution in [0.15, 0.2) is 48.8 Å². The Balaban J connectivity index is 1.97. The summed E-state index contributed by atoms with van der Waals surface area (Å²) in [5, 5.41) is 6.46. The van der Waals surface area contributed by atoms with Gasteiger partial charge in [0.25, 0.3) is 0 Å². The van der Waals surface area contributed by atoms with Gasteiger partial charge in [-0.15, -0.1) is 0 Å². The van der Waals surface area contributed by atoms with Crippen LogP contribution in [0, 0.1) is 12.7 Å². The maximum absolute atomic E-state index is 13.8. The third-order valence-corrected chi connectivity index (χ3v) is 4.13. The number of hydrogen-bond acceptors (Lipinski definition) is 5. The molecule has 1 atom stereocenters. The first-order chi connectivity index (χ1) is 12.5. The second-order valence-corrected chi connectivity index (χ2v) is 6.24. The normalized spacial score (nSPS) is 11.8. The molecule has 0 unspecified atom stereocenters. The van der Waals surface area contributed by atoms with Gasteiger partial charge in [-0.3, -0.25) is 4.98 Å². The van der Waals surface area contributed by atoms with Crippen molar-refractivity contribution in [1.82, 2.24) is 15.0 Å². The Kier molecular flexibility index (Phi) is 5.41. The molecule has 26 heavy (non-hydrogen) atoms. The van der Waals surface area contributed by atoms with Gasteiger partial charge in [0.15, 0.2) is 0 Å². The highest BCUT2D eigenvalue weighted by atomic mass is 19.1. The highest BCUT2D eigenvalue weighted by Crippen LogP contribution is 2.24. The molecular weight excluding hydrogens is 329 g/mol. The molecule has 3 aromatic rings. The minimum atomic E-state index is -0.253. The summed E-state index contributed by atoms with van der Waals surface area (Å²) in [6.07, 6.45) is 4.40. The van der Waals surface area contributed by atoms with Crippen molar-refractivity contribution in [3.05, 3.63) is 60.2 Å². The maximum atomic E-state index is 13.8. The molecule has 0 fully saturated rings. The summed E-state index contributed by atoms with van der Waals surface area (Å²) < 4.78 is 13.8. The molecule has 2 N–H and O–H groups in total. The van der Waals surface area contributed by atoms with Crippen molar-refractivity contribution < 1.29 is 4.39 Å². The minimum absolute atomic E-state index is 0.243. The van der Waals surface area contributed by atoms with Crippen molar-refractivity contribution in [3.8, 4) is 11.3 Å². The van der Waals surface area contributed by atoms with E-state index in [9.17, 15) is 4.39 Å². The lowest BCUT2D eigenvalue weighted by atomic mass is 10.2. The molecule has 0 radical (unpaired) electrons. The molecule has 2 aromatic heterocycles. The molecule has 0 saturated heterocycles. The Morgan fingerprint density at radius 3 is 2.54 bits per heavy atom. The summed E-state index contributed by atoms with van der Waals surface area (Å²) >= 11 is 0. The van der Waals surface area contributed by atoms with E-state index >= 15 is 0 Å². The fourth-order valence-electron chi connectivity index (χ4n) is 2.39. The molecule has 0 spiro atoms. The third kappa shape index (κ3) is 4.33. The van der Waals surface area contributed by atoms with Gasteiger partial charge in [0, 0.05) is 35.8 Å². The van der Waals surface area contributed by atoms with E-state index in [2.05, 4.69) is 39.4 Å². The lowest BCUT2D eigenvalue weighted by Crippen LogP contribution is -2.16. The summed E-state index contributed by atoms with van der Waals surface area (Å²) in [6.45, 7) is 5.91. The van der Waals surface area contributed by atoms with Crippen molar-refractivity contribution >= 4 is 17.5 Å². The van der Waals surface area contributed by atoms with Gasteiger partial charge in [-0.1, -0.05) is 13.0 Å². The predicted molar refractivity (Wildman–Crippen MR) is 103 cm³/mol. The number of rotatable bonds is 6. The summed E-state index contributed by atoms with van der Waals surface area (Å²) in [5.41, 5.74) is 2.95. The molecule has 0 aliphatic rings. The average molecular weight is 351 g/mol. The van der Waals surface area contributed by atoms with Crippen molar-refractivity contribution in [3.63, 3.8) is 0 Å². The lowest BCUT2D eigenvalue weighted by molar-refractivity contribution is 0.619. The second kappa shape index (κ2) is 7.91. The van der Waals surface area contributed by atoms with Crippen molar-refractivity contribution in [2.45, 2.75) is 33.2 Å². The van der Waals surface area contributed by atoms with E-state index in [0.717, 1.165) is 17.7 Å². The van der Waals surface area contributed by atoms with Crippen LogP contribution in [0.2, 0.25) is 0 Å². The van der Waals surface area contributed by atoms with Crippen LogP contribution in [0.1, 0.15) is 25.8 Å². The molecule has 0 bridgehead atoms. The van der Waals surface area contributed by atoms with Crippen LogP contribution < -0.4 is 10.6 Å². The monoisotopic (exact) mass is 351 g/mol. The van der Waals surface area contributed by atoms with Gasteiger partial charge in [0.2, 0.25) is 5.95 Å². The lowest BCUT2D eigenvalue weighted by Gasteiger charge is -2.15. The van der Waals surface area contributed by atoms with E-state index in [1.54, 1.807) is 25.4 Å². The van der Waals surface area contributed by atoms with Gasteiger partial charge in [0.1, 0.15) is 11.6 Å². The van der Waals surface area contributed by atoms with E-state index < -0.39 is 0 Å². The van der Waals surface area contributed by atoms with Crippen LogP contribution in [-0.2, 0) is 0 Å². The van der Waals surface area contributed by atoms with Crippen molar-refractivity contribution in [2.75, 3.05) is 10.6 Å². The Labute approximate surface area is 152 Å². The number of hydrogen-bond donors (Lipinski definition) is 2. The molecule has 0 aliphatic carbocycles. The first-order valence-electron chi connectivity index (χ1n) is 8.64. The topological polar surface area (TPSA) is 62.7 Å². The minimum Gasteiger partial charge on any atom is -0.352 e. The zero-order valence-electron chi connectivity index (χ0n) is 15.1. The summed E-state index contributed by atoms with van der Waals surface area (Å²) in [7, 11) is 0. The standard InChI is InChI=1S/C20H22FN5/c1-4-14(3)23-20-25-18(15-7-9-22-10-8-15)12-19(26-20)24-16-6-5-13(2)17(21)11-16/h5-12,14H,4H2,1-3H3,(H2,23,24,25,26)/t14-/m0/s1. The summed E-state index contributed by atoms with van der Waals surface area (Å²) in [4.78, 5) is 13.2. The summed E-state index contributed by atoms with van der Waals surface area (Å²) in [6, 6.07) is 10.9. The van der Waals surface area contributed by atoms with E-state index in [1.807, 2.05) is 24.3 Å². The van der Waals surface area contributed by atoms with E-state index in [4.69, 9.17) is 0 Å². The molecule has 134 valence electrons. The predicted octanol–water partition coefficient (Wildman–Crippen LogP) is 4.94. The van der Waals surface area contributed by atoms with E-state index in [0.29, 0.717) is 23.0 Å². The van der Waals surface area contributed by atoms with Crippen molar-refractivity contribution in [1.29, 1.82) is 0 Å². The zero-order valence-corrected chi connectivity index (χ0v) is 15.1. The van der Waals surface area contributed by atoms with Gasteiger partial charge in [-0.05, 0) is 50.1 Å². The number of aryl methyl sites for hydroxylation is 1. The molecule has 5 nitrogen and oxygen atoms in total. The van der Waals surface area contributed by atoms with Gasteiger partial charge in [-0.25, -0.2) is 9.37 Å². The number of anilines is 3. The quantitative estimate of drug-likeness (QED) is 0.658. The third-order valence-electron chi connectivity index (χ3n) is 4.13. The van der Waals surface area contributed by atoms with Crippen LogP contribution >= 0.6 is 0 Å². The zero-order chi connectivity index (χ0) is 18.5. The molecule has 0 aliphatic heterocycles. The second-order valence-electron chi connectivity index (χ2n) is 6.24. The van der Waals surface area contributed by atoms with E-state index in [1.165, 1.54) is 6.07 Å². The highest BCUT2D eigenvalue weighted by Gasteiger charge is 2.10. The van der Waals surface area contributed by atoms with Crippen LogP contribution in [0.5, 0.6) is 0 Å². The number of nitrogens with one attached hydrogen (secondary N) is 2. The maximum Gasteiger partial charge on any atom is 0.225 e. The van der Waals surface area contributed by atoms with Crippen molar-refractivity contribution in [2.24, 2.45) is 0 Å². The Bertz CT molecular complexity index is 883. The number of benzene rings is 1. The molecular formula is C20H22FN5. The van der Waals surface area contributed by atoms with E-state index in [-0.39, 0.29) is 11.9 Å².